The van der Waals surface area contributed by atoms with Crippen LogP contribution in [0, 0.1) is 0 Å². The third-order valence-corrected chi connectivity index (χ3v) is 5.15. The van der Waals surface area contributed by atoms with Crippen molar-refractivity contribution >= 4 is 22.5 Å². The van der Waals surface area contributed by atoms with Crippen molar-refractivity contribution in [3.63, 3.8) is 0 Å². The third kappa shape index (κ3) is 1.56. The minimum atomic E-state index is 0.261. The molecule has 0 aromatic heterocycles. The van der Waals surface area contributed by atoms with E-state index >= 15 is 0 Å². The Kier molecular flexibility index (Phi) is 2.37. The maximum absolute atomic E-state index is 6.14. The van der Waals surface area contributed by atoms with Crippen LogP contribution in [0.1, 0.15) is 12.8 Å². The number of rotatable bonds is 0. The van der Waals surface area contributed by atoms with Crippen molar-refractivity contribution < 1.29 is 4.74 Å². The second-order valence-corrected chi connectivity index (χ2v) is 6.11. The number of hydrogen-bond acceptors (Lipinski definition) is 2. The number of hydrogen-bond donors (Lipinski definition) is 0. The molecule has 1 aliphatic carbocycles. The maximum Gasteiger partial charge on any atom is 0.134 e. The smallest absolute Gasteiger partial charge is 0.134 e. The summed E-state index contributed by atoms with van der Waals surface area (Å²) in [6.45, 7) is 0. The van der Waals surface area contributed by atoms with E-state index < -0.39 is 0 Å². The van der Waals surface area contributed by atoms with E-state index in [0.29, 0.717) is 5.25 Å². The van der Waals surface area contributed by atoms with Gasteiger partial charge in [-0.15, -0.1) is 11.8 Å². The number of fused-ring (bicyclic) bond motifs is 4. The van der Waals surface area contributed by atoms with Crippen molar-refractivity contribution in [3.05, 3.63) is 48.6 Å². The number of thioether (sulfide) groups is 1. The summed E-state index contributed by atoms with van der Waals surface area (Å²) < 4.78 is 6.14. The Hall–Kier alpha value is -1.41. The molecule has 4 rings (SSSR count). The minimum Gasteiger partial charge on any atom is -0.484 e. The molecule has 0 saturated heterocycles. The highest BCUT2D eigenvalue weighted by atomic mass is 32.2. The zero-order chi connectivity index (χ0) is 11.9. The lowest BCUT2D eigenvalue weighted by atomic mass is 10.0. The lowest BCUT2D eigenvalue weighted by Crippen LogP contribution is -2.32. The zero-order valence-corrected chi connectivity index (χ0v) is 10.8. The van der Waals surface area contributed by atoms with E-state index in [1.54, 1.807) is 0 Å². The van der Waals surface area contributed by atoms with Gasteiger partial charge in [0.05, 0.1) is 10.1 Å². The molecule has 1 nitrogen and oxygen atoms in total. The Morgan fingerprint density at radius 2 is 2.06 bits per heavy atom. The lowest BCUT2D eigenvalue weighted by molar-refractivity contribution is 0.224. The van der Waals surface area contributed by atoms with Crippen molar-refractivity contribution in [2.24, 2.45) is 0 Å². The van der Waals surface area contributed by atoms with Gasteiger partial charge < -0.3 is 4.74 Å². The quantitative estimate of drug-likeness (QED) is 0.644. The molecule has 0 saturated carbocycles. The zero-order valence-electron chi connectivity index (χ0n) is 10.0. The van der Waals surface area contributed by atoms with Gasteiger partial charge >= 0.3 is 0 Å². The van der Waals surface area contributed by atoms with Crippen LogP contribution >= 0.6 is 11.8 Å². The van der Waals surface area contributed by atoms with E-state index in [0.717, 1.165) is 5.75 Å². The van der Waals surface area contributed by atoms with E-state index in [1.807, 2.05) is 11.8 Å². The Bertz CT molecular complexity index is 632. The van der Waals surface area contributed by atoms with Crippen LogP contribution in [-0.2, 0) is 0 Å². The predicted molar refractivity (Wildman–Crippen MR) is 76.4 cm³/mol. The first-order valence-corrected chi connectivity index (χ1v) is 7.31. The first-order chi connectivity index (χ1) is 8.92. The van der Waals surface area contributed by atoms with Crippen LogP contribution in [0.2, 0.25) is 0 Å². The summed E-state index contributed by atoms with van der Waals surface area (Å²) in [4.78, 5) is 1.32. The van der Waals surface area contributed by atoms with Gasteiger partial charge in [-0.2, -0.15) is 0 Å². The molecule has 0 N–H and O–H groups in total. The second kappa shape index (κ2) is 4.06. The van der Waals surface area contributed by atoms with Crippen molar-refractivity contribution in [1.29, 1.82) is 0 Å². The molecule has 0 fully saturated rings. The fourth-order valence-corrected chi connectivity index (χ4v) is 4.14. The van der Waals surface area contributed by atoms with Crippen LogP contribution in [0.4, 0.5) is 0 Å². The fraction of sp³-hybridized carbons (Fsp3) is 0.250. The molecule has 2 aromatic carbocycles. The first kappa shape index (κ1) is 10.5. The normalized spacial score (nSPS) is 25.3. The Morgan fingerprint density at radius 1 is 1.11 bits per heavy atom. The van der Waals surface area contributed by atoms with E-state index in [1.165, 1.54) is 28.5 Å². The van der Waals surface area contributed by atoms with Crippen LogP contribution < -0.4 is 4.74 Å². The molecule has 2 heteroatoms. The summed E-state index contributed by atoms with van der Waals surface area (Å²) in [6, 6.07) is 12.8. The SMILES string of the molecule is C1=CC2Oc3ccc4ccccc4c3SC2CC1. The summed E-state index contributed by atoms with van der Waals surface area (Å²) in [6.07, 6.45) is 7.12. The Morgan fingerprint density at radius 3 is 3.06 bits per heavy atom. The average Bonchev–Trinajstić information content (AvgIpc) is 2.45. The summed E-state index contributed by atoms with van der Waals surface area (Å²) in [5, 5.41) is 3.21. The highest BCUT2D eigenvalue weighted by molar-refractivity contribution is 8.00. The standard InChI is InChI=1S/C16H14OS/c1-2-6-12-11(5-1)9-10-14-16(12)18-15-8-4-3-7-13(15)17-14/h1-3,5-7,9-10,13,15H,4,8H2. The molecule has 1 heterocycles. The average molecular weight is 254 g/mol. The summed E-state index contributed by atoms with van der Waals surface area (Å²) in [5.74, 6) is 1.05. The fourth-order valence-electron chi connectivity index (χ4n) is 2.76. The molecule has 0 radical (unpaired) electrons. The molecular weight excluding hydrogens is 240 g/mol. The lowest BCUT2D eigenvalue weighted by Gasteiger charge is -2.33. The third-order valence-electron chi connectivity index (χ3n) is 3.69. The van der Waals surface area contributed by atoms with E-state index in [2.05, 4.69) is 48.6 Å². The molecule has 2 aromatic rings. The van der Waals surface area contributed by atoms with Gasteiger partial charge in [-0.25, -0.2) is 0 Å². The second-order valence-electron chi connectivity index (χ2n) is 4.86. The molecule has 1 aliphatic heterocycles. The minimum absolute atomic E-state index is 0.261. The van der Waals surface area contributed by atoms with Gasteiger partial charge in [0.1, 0.15) is 11.9 Å². The van der Waals surface area contributed by atoms with E-state index in [4.69, 9.17) is 4.74 Å². The van der Waals surface area contributed by atoms with Gasteiger partial charge in [0.25, 0.3) is 0 Å². The van der Waals surface area contributed by atoms with Crippen LogP contribution in [0.5, 0.6) is 5.75 Å². The molecule has 0 bridgehead atoms. The first-order valence-electron chi connectivity index (χ1n) is 6.43. The van der Waals surface area contributed by atoms with Crippen LogP contribution in [0.25, 0.3) is 10.8 Å². The summed E-state index contributed by atoms with van der Waals surface area (Å²) in [5.41, 5.74) is 0. The highest BCUT2D eigenvalue weighted by Crippen LogP contribution is 2.46. The molecule has 0 spiro atoms. The molecule has 18 heavy (non-hydrogen) atoms. The van der Waals surface area contributed by atoms with Gasteiger partial charge in [-0.3, -0.25) is 0 Å². The molecule has 90 valence electrons. The highest BCUT2D eigenvalue weighted by Gasteiger charge is 2.31. The van der Waals surface area contributed by atoms with Gasteiger partial charge in [0.2, 0.25) is 0 Å². The van der Waals surface area contributed by atoms with Crippen molar-refractivity contribution in [2.75, 3.05) is 0 Å². The molecule has 2 atom stereocenters. The number of ether oxygens (including phenoxy) is 1. The van der Waals surface area contributed by atoms with Gasteiger partial charge in [0, 0.05) is 0 Å². The van der Waals surface area contributed by atoms with Crippen molar-refractivity contribution in [2.45, 2.75) is 29.1 Å². The molecule has 2 unspecified atom stereocenters. The monoisotopic (exact) mass is 254 g/mol. The van der Waals surface area contributed by atoms with Crippen LogP contribution in [-0.4, -0.2) is 11.4 Å². The summed E-state index contributed by atoms with van der Waals surface area (Å²) in [7, 11) is 0. The van der Waals surface area contributed by atoms with Crippen LogP contribution in [0.15, 0.2) is 53.4 Å². The van der Waals surface area contributed by atoms with Gasteiger partial charge in [-0.1, -0.05) is 36.4 Å². The summed E-state index contributed by atoms with van der Waals surface area (Å²) >= 11 is 1.99. The predicted octanol–water partition coefficient (Wildman–Crippen LogP) is 4.41. The van der Waals surface area contributed by atoms with Crippen LogP contribution in [0.3, 0.4) is 0 Å². The largest absolute Gasteiger partial charge is 0.484 e. The molecule has 2 aliphatic rings. The van der Waals surface area contributed by atoms with E-state index in [-0.39, 0.29) is 6.10 Å². The van der Waals surface area contributed by atoms with Crippen molar-refractivity contribution in [1.82, 2.24) is 0 Å². The molecular formula is C16H14OS. The van der Waals surface area contributed by atoms with Gasteiger partial charge in [0.15, 0.2) is 0 Å². The Labute approximate surface area is 111 Å². The number of allylic oxidation sites excluding steroid dienone is 1. The number of benzene rings is 2. The topological polar surface area (TPSA) is 9.23 Å². The van der Waals surface area contributed by atoms with Crippen molar-refractivity contribution in [3.8, 4) is 5.75 Å². The Balaban J connectivity index is 1.88. The molecule has 0 amide bonds. The maximum atomic E-state index is 6.14. The van der Waals surface area contributed by atoms with E-state index in [9.17, 15) is 0 Å². The van der Waals surface area contributed by atoms with Gasteiger partial charge in [-0.05, 0) is 35.8 Å².